The summed E-state index contributed by atoms with van der Waals surface area (Å²) >= 11 is 2.01. The molecule has 5 nitrogen and oxygen atoms in total. The van der Waals surface area contributed by atoms with E-state index in [0.29, 0.717) is 19.3 Å². The molecule has 2 N–H and O–H groups in total. The number of nitrogens with zero attached hydrogens (tertiary/aromatic N) is 2. The van der Waals surface area contributed by atoms with Crippen LogP contribution in [-0.4, -0.2) is 40.7 Å². The molecule has 0 aromatic carbocycles. The zero-order chi connectivity index (χ0) is 14.9. The third-order valence-electron chi connectivity index (χ3n) is 3.28. The van der Waals surface area contributed by atoms with Crippen LogP contribution in [0.25, 0.3) is 0 Å². The molecule has 0 aliphatic carbocycles. The summed E-state index contributed by atoms with van der Waals surface area (Å²) < 4.78 is 5.44. The van der Waals surface area contributed by atoms with Crippen molar-refractivity contribution >= 4 is 23.4 Å². The number of aromatic nitrogens is 2. The van der Waals surface area contributed by atoms with Gasteiger partial charge >= 0.3 is 0 Å². The maximum atomic E-state index is 5.44. The van der Waals surface area contributed by atoms with Crippen LogP contribution in [0.15, 0.2) is 6.07 Å². The van der Waals surface area contributed by atoms with Gasteiger partial charge < -0.3 is 15.4 Å². The van der Waals surface area contributed by atoms with E-state index in [9.17, 15) is 0 Å². The lowest BCUT2D eigenvalue weighted by Crippen LogP contribution is -2.26. The molecule has 0 spiro atoms. The van der Waals surface area contributed by atoms with E-state index in [0.717, 1.165) is 36.2 Å². The molecule has 0 bridgehead atoms. The van der Waals surface area contributed by atoms with E-state index in [1.807, 2.05) is 24.8 Å². The van der Waals surface area contributed by atoms with E-state index in [1.54, 1.807) is 0 Å². The van der Waals surface area contributed by atoms with Gasteiger partial charge in [0, 0.05) is 31.0 Å². The minimum absolute atomic E-state index is 0.465. The van der Waals surface area contributed by atoms with Crippen molar-refractivity contribution in [3.8, 4) is 0 Å². The molecular formula is C15H26N4OS. The highest BCUT2D eigenvalue weighted by Crippen LogP contribution is 2.21. The summed E-state index contributed by atoms with van der Waals surface area (Å²) in [6.07, 6.45) is 3.57. The first-order valence-corrected chi connectivity index (χ1v) is 9.01. The molecule has 1 aromatic rings. The highest BCUT2D eigenvalue weighted by molar-refractivity contribution is 7.99. The number of nitrogens with one attached hydrogen (secondary N) is 2. The lowest BCUT2D eigenvalue weighted by Gasteiger charge is -2.23. The van der Waals surface area contributed by atoms with Crippen LogP contribution in [0.5, 0.6) is 0 Å². The van der Waals surface area contributed by atoms with Gasteiger partial charge in [0.1, 0.15) is 18.2 Å². The summed E-state index contributed by atoms with van der Waals surface area (Å²) in [5, 5.41) is 6.88. The average Bonchev–Trinajstić information content (AvgIpc) is 2.52. The normalized spacial score (nSPS) is 18.5. The van der Waals surface area contributed by atoms with Gasteiger partial charge in [0.25, 0.3) is 0 Å². The SMILES string of the molecule is CCCNc1cc(NC2CCCSC2)nc(COCC)n1. The molecule has 1 aliphatic heterocycles. The topological polar surface area (TPSA) is 59.1 Å². The van der Waals surface area contributed by atoms with Crippen LogP contribution in [0.3, 0.4) is 0 Å². The quantitative estimate of drug-likeness (QED) is 0.769. The van der Waals surface area contributed by atoms with Crippen LogP contribution >= 0.6 is 11.8 Å². The number of anilines is 2. The Morgan fingerprint density at radius 2 is 2.19 bits per heavy atom. The average molecular weight is 310 g/mol. The van der Waals surface area contributed by atoms with Gasteiger partial charge in [-0.3, -0.25) is 0 Å². The van der Waals surface area contributed by atoms with Gasteiger partial charge in [0.05, 0.1) is 0 Å². The molecule has 0 amide bonds. The van der Waals surface area contributed by atoms with E-state index in [4.69, 9.17) is 4.74 Å². The van der Waals surface area contributed by atoms with Gasteiger partial charge in [-0.1, -0.05) is 6.92 Å². The highest BCUT2D eigenvalue weighted by atomic mass is 32.2. The number of hydrogen-bond acceptors (Lipinski definition) is 6. The second kappa shape index (κ2) is 9.10. The van der Waals surface area contributed by atoms with Crippen LogP contribution in [0.1, 0.15) is 38.9 Å². The Kier molecular flexibility index (Phi) is 7.09. The molecule has 1 saturated heterocycles. The second-order valence-corrected chi connectivity index (χ2v) is 6.33. The molecule has 1 atom stereocenters. The Morgan fingerprint density at radius 1 is 1.33 bits per heavy atom. The zero-order valence-corrected chi connectivity index (χ0v) is 13.8. The molecular weight excluding hydrogens is 284 g/mol. The van der Waals surface area contributed by atoms with Crippen molar-refractivity contribution in [2.45, 2.75) is 45.8 Å². The van der Waals surface area contributed by atoms with Crippen LogP contribution < -0.4 is 10.6 Å². The summed E-state index contributed by atoms with van der Waals surface area (Å²) in [5.74, 6) is 4.96. The maximum absolute atomic E-state index is 5.44. The molecule has 6 heteroatoms. The minimum atomic E-state index is 0.465. The number of thioether (sulfide) groups is 1. The molecule has 0 radical (unpaired) electrons. The third kappa shape index (κ3) is 5.71. The molecule has 118 valence electrons. The molecule has 2 rings (SSSR count). The predicted octanol–water partition coefficient (Wildman–Crippen LogP) is 3.14. The van der Waals surface area contributed by atoms with E-state index < -0.39 is 0 Å². The number of rotatable bonds is 8. The van der Waals surface area contributed by atoms with Crippen molar-refractivity contribution in [1.29, 1.82) is 0 Å². The van der Waals surface area contributed by atoms with Gasteiger partial charge in [0.2, 0.25) is 0 Å². The van der Waals surface area contributed by atoms with E-state index >= 15 is 0 Å². The van der Waals surface area contributed by atoms with Gasteiger partial charge in [0.15, 0.2) is 5.82 Å². The third-order valence-corrected chi connectivity index (χ3v) is 4.49. The maximum Gasteiger partial charge on any atom is 0.158 e. The molecule has 1 aliphatic rings. The summed E-state index contributed by atoms with van der Waals surface area (Å²) in [4.78, 5) is 9.09. The van der Waals surface area contributed by atoms with Crippen LogP contribution in [0.4, 0.5) is 11.6 Å². The first kappa shape index (κ1) is 16.4. The Balaban J connectivity index is 2.05. The Labute approximate surface area is 131 Å². The van der Waals surface area contributed by atoms with E-state index in [1.165, 1.54) is 18.6 Å². The zero-order valence-electron chi connectivity index (χ0n) is 13.0. The van der Waals surface area contributed by atoms with Crippen LogP contribution in [-0.2, 0) is 11.3 Å². The molecule has 2 heterocycles. The number of ether oxygens (including phenoxy) is 1. The summed E-state index contributed by atoms with van der Waals surface area (Å²) in [6.45, 7) is 6.19. The summed E-state index contributed by atoms with van der Waals surface area (Å²) in [5.41, 5.74) is 0. The molecule has 0 saturated carbocycles. The minimum Gasteiger partial charge on any atom is -0.374 e. The second-order valence-electron chi connectivity index (χ2n) is 5.18. The highest BCUT2D eigenvalue weighted by Gasteiger charge is 2.15. The molecule has 1 aromatic heterocycles. The van der Waals surface area contributed by atoms with Crippen molar-refractivity contribution in [2.24, 2.45) is 0 Å². The lowest BCUT2D eigenvalue weighted by molar-refractivity contribution is 0.128. The smallest absolute Gasteiger partial charge is 0.158 e. The fourth-order valence-corrected chi connectivity index (χ4v) is 3.31. The van der Waals surface area contributed by atoms with Crippen molar-refractivity contribution < 1.29 is 4.74 Å². The summed E-state index contributed by atoms with van der Waals surface area (Å²) in [7, 11) is 0. The largest absolute Gasteiger partial charge is 0.374 e. The Morgan fingerprint density at radius 3 is 2.90 bits per heavy atom. The predicted molar refractivity (Wildman–Crippen MR) is 90.1 cm³/mol. The van der Waals surface area contributed by atoms with Gasteiger partial charge in [-0.25, -0.2) is 9.97 Å². The molecule has 21 heavy (non-hydrogen) atoms. The fourth-order valence-electron chi connectivity index (χ4n) is 2.24. The first-order valence-electron chi connectivity index (χ1n) is 7.85. The van der Waals surface area contributed by atoms with Crippen molar-refractivity contribution in [3.63, 3.8) is 0 Å². The van der Waals surface area contributed by atoms with Crippen LogP contribution in [0.2, 0.25) is 0 Å². The molecule has 1 fully saturated rings. The van der Waals surface area contributed by atoms with Gasteiger partial charge in [-0.15, -0.1) is 0 Å². The number of hydrogen-bond donors (Lipinski definition) is 2. The Hall–Kier alpha value is -1.01. The van der Waals surface area contributed by atoms with Crippen molar-refractivity contribution in [1.82, 2.24) is 9.97 Å². The first-order chi connectivity index (χ1) is 10.3. The Bertz CT molecular complexity index is 398. The van der Waals surface area contributed by atoms with Crippen LogP contribution in [0, 0.1) is 0 Å². The lowest BCUT2D eigenvalue weighted by atomic mass is 10.2. The van der Waals surface area contributed by atoms with E-state index in [-0.39, 0.29) is 0 Å². The summed E-state index contributed by atoms with van der Waals surface area (Å²) in [6, 6.07) is 2.52. The van der Waals surface area contributed by atoms with E-state index in [2.05, 4.69) is 27.5 Å². The van der Waals surface area contributed by atoms with Crippen molar-refractivity contribution in [2.75, 3.05) is 35.3 Å². The standard InChI is InChI=1S/C15H26N4OS/c1-3-7-16-13-9-14(17-12-6-5-8-21-11-12)19-15(18-13)10-20-4-2/h9,12H,3-8,10-11H2,1-2H3,(H2,16,17,18,19). The fraction of sp³-hybridized carbons (Fsp3) is 0.733. The van der Waals surface area contributed by atoms with Gasteiger partial charge in [-0.2, -0.15) is 11.8 Å². The van der Waals surface area contributed by atoms with Gasteiger partial charge in [-0.05, 0) is 31.9 Å². The monoisotopic (exact) mass is 310 g/mol. The van der Waals surface area contributed by atoms with Crippen molar-refractivity contribution in [3.05, 3.63) is 11.9 Å². The molecule has 1 unspecified atom stereocenters.